The number of unbranched alkanes of at least 4 members (excludes halogenated alkanes) is 7. The number of hydrogen-bond donors (Lipinski definition) is 3. The van der Waals surface area contributed by atoms with Crippen LogP contribution < -0.4 is 0 Å². The van der Waals surface area contributed by atoms with Crippen LogP contribution in [0.2, 0.25) is 0 Å². The van der Waals surface area contributed by atoms with Crippen molar-refractivity contribution in [2.45, 2.75) is 101 Å². The minimum absolute atomic E-state index is 0.0294. The molecule has 0 aliphatic carbocycles. The fraction of sp³-hybridized carbons (Fsp3) is 0.679. The molecule has 1 fully saturated rings. The molecule has 0 spiro atoms. The molecule has 3 N–H and O–H groups in total. The summed E-state index contributed by atoms with van der Waals surface area (Å²) in [7, 11) is 1.37. The highest BCUT2D eigenvalue weighted by Crippen LogP contribution is 2.23. The Hall–Kier alpha value is -1.77. The highest BCUT2D eigenvalue weighted by atomic mass is 16.7. The third-order valence-electron chi connectivity index (χ3n) is 6.69. The van der Waals surface area contributed by atoms with Crippen molar-refractivity contribution in [2.24, 2.45) is 0 Å². The van der Waals surface area contributed by atoms with Gasteiger partial charge in [0.1, 0.15) is 24.4 Å². The molecular weight excluding hydrogens is 446 g/mol. The van der Waals surface area contributed by atoms with Gasteiger partial charge in [0.15, 0.2) is 6.29 Å². The summed E-state index contributed by atoms with van der Waals surface area (Å²) in [5.74, 6) is 0.0294. The maximum Gasteiger partial charge on any atom is 0.222 e. The Kier molecular flexibility index (Phi) is 14.2. The maximum absolute atomic E-state index is 13.1. The first-order valence-electron chi connectivity index (χ1n) is 13.1. The van der Waals surface area contributed by atoms with Crippen LogP contribution in [0.4, 0.5) is 0 Å². The van der Waals surface area contributed by atoms with Gasteiger partial charge in [-0.2, -0.15) is 0 Å². The van der Waals surface area contributed by atoms with Crippen molar-refractivity contribution in [3.8, 4) is 0 Å². The zero-order chi connectivity index (χ0) is 25.5. The van der Waals surface area contributed by atoms with E-state index in [1.54, 1.807) is 4.90 Å². The number of aliphatic hydroxyl groups excluding tert-OH is 3. The molecule has 1 aromatic rings. The number of methoxy groups -OCH3 is 1. The van der Waals surface area contributed by atoms with Gasteiger partial charge in [0.2, 0.25) is 5.91 Å². The van der Waals surface area contributed by atoms with Gasteiger partial charge in [0.25, 0.3) is 0 Å². The van der Waals surface area contributed by atoms with Crippen LogP contribution in [0, 0.1) is 0 Å². The van der Waals surface area contributed by atoms with E-state index in [9.17, 15) is 20.1 Å². The smallest absolute Gasteiger partial charge is 0.222 e. The van der Waals surface area contributed by atoms with Crippen molar-refractivity contribution < 1.29 is 29.6 Å². The SMILES string of the molecule is C=CCCCCCCCCC(=O)N(CCCCc1ccccc1)C[C@H]1O[C@H](OC)[C@H](O)[C@@H](O)[C@@H]1O. The van der Waals surface area contributed by atoms with E-state index in [1.165, 1.54) is 31.9 Å². The lowest BCUT2D eigenvalue weighted by molar-refractivity contribution is -0.291. The molecule has 2 rings (SSSR count). The molecule has 198 valence electrons. The molecule has 1 heterocycles. The largest absolute Gasteiger partial charge is 0.388 e. The van der Waals surface area contributed by atoms with Crippen LogP contribution in [0.5, 0.6) is 0 Å². The quantitative estimate of drug-likeness (QED) is 0.227. The lowest BCUT2D eigenvalue weighted by Gasteiger charge is -2.41. The minimum Gasteiger partial charge on any atom is -0.388 e. The number of aliphatic hydroxyl groups is 3. The Balaban J connectivity index is 1.87. The van der Waals surface area contributed by atoms with Crippen LogP contribution in [0.3, 0.4) is 0 Å². The number of amides is 1. The number of hydrogen-bond acceptors (Lipinski definition) is 6. The van der Waals surface area contributed by atoms with Gasteiger partial charge in [0, 0.05) is 26.6 Å². The van der Waals surface area contributed by atoms with Gasteiger partial charge < -0.3 is 29.7 Å². The van der Waals surface area contributed by atoms with Gasteiger partial charge in [-0.05, 0) is 44.1 Å². The van der Waals surface area contributed by atoms with Crippen molar-refractivity contribution in [1.82, 2.24) is 4.90 Å². The third-order valence-corrected chi connectivity index (χ3v) is 6.69. The lowest BCUT2D eigenvalue weighted by atomic mass is 9.98. The summed E-state index contributed by atoms with van der Waals surface area (Å²) in [6.07, 6.45) is 6.75. The molecule has 0 unspecified atom stereocenters. The fourth-order valence-corrected chi connectivity index (χ4v) is 4.50. The number of carbonyl (C=O) groups excluding carboxylic acids is 1. The first-order valence-corrected chi connectivity index (χ1v) is 13.1. The highest BCUT2D eigenvalue weighted by Gasteiger charge is 2.44. The van der Waals surface area contributed by atoms with E-state index in [2.05, 4.69) is 18.7 Å². The lowest BCUT2D eigenvalue weighted by Crippen LogP contribution is -2.60. The molecule has 7 nitrogen and oxygen atoms in total. The van der Waals surface area contributed by atoms with E-state index in [4.69, 9.17) is 9.47 Å². The average Bonchev–Trinajstić information content (AvgIpc) is 2.87. The van der Waals surface area contributed by atoms with E-state index in [0.717, 1.165) is 44.9 Å². The summed E-state index contributed by atoms with van der Waals surface area (Å²) in [5.41, 5.74) is 1.27. The number of aryl methyl sites for hydroxylation is 1. The van der Waals surface area contributed by atoms with Crippen LogP contribution in [0.25, 0.3) is 0 Å². The van der Waals surface area contributed by atoms with Crippen molar-refractivity contribution in [3.05, 3.63) is 48.6 Å². The van der Waals surface area contributed by atoms with Gasteiger partial charge in [-0.15, -0.1) is 6.58 Å². The van der Waals surface area contributed by atoms with Gasteiger partial charge in [-0.25, -0.2) is 0 Å². The second kappa shape index (κ2) is 16.8. The Labute approximate surface area is 210 Å². The highest BCUT2D eigenvalue weighted by molar-refractivity contribution is 5.76. The monoisotopic (exact) mass is 491 g/mol. The van der Waals surface area contributed by atoms with Crippen LogP contribution in [0.15, 0.2) is 43.0 Å². The first-order chi connectivity index (χ1) is 17.0. The predicted octanol–water partition coefficient (Wildman–Crippen LogP) is 3.60. The second-order valence-electron chi connectivity index (χ2n) is 9.48. The molecular formula is C28H45NO6. The van der Waals surface area contributed by atoms with Crippen LogP contribution in [-0.4, -0.2) is 77.0 Å². The Morgan fingerprint density at radius 3 is 2.34 bits per heavy atom. The van der Waals surface area contributed by atoms with Crippen molar-refractivity contribution in [2.75, 3.05) is 20.2 Å². The van der Waals surface area contributed by atoms with Crippen molar-refractivity contribution >= 4 is 5.91 Å². The van der Waals surface area contributed by atoms with Gasteiger partial charge in [0.05, 0.1) is 0 Å². The molecule has 35 heavy (non-hydrogen) atoms. The summed E-state index contributed by atoms with van der Waals surface area (Å²) < 4.78 is 10.8. The van der Waals surface area contributed by atoms with E-state index in [0.29, 0.717) is 13.0 Å². The number of nitrogens with zero attached hydrogens (tertiary/aromatic N) is 1. The minimum atomic E-state index is -1.39. The summed E-state index contributed by atoms with van der Waals surface area (Å²) in [5, 5.41) is 30.7. The van der Waals surface area contributed by atoms with E-state index >= 15 is 0 Å². The predicted molar refractivity (Wildman–Crippen MR) is 137 cm³/mol. The summed E-state index contributed by atoms with van der Waals surface area (Å²) in [4.78, 5) is 14.8. The first kappa shape index (κ1) is 29.5. The molecule has 1 aliphatic heterocycles. The number of ether oxygens (including phenoxy) is 2. The molecule has 5 atom stereocenters. The molecule has 0 aromatic heterocycles. The zero-order valence-corrected chi connectivity index (χ0v) is 21.3. The zero-order valence-electron chi connectivity index (χ0n) is 21.3. The summed E-state index contributed by atoms with van der Waals surface area (Å²) in [6, 6.07) is 10.3. The van der Waals surface area contributed by atoms with Gasteiger partial charge in [-0.3, -0.25) is 4.79 Å². The van der Waals surface area contributed by atoms with E-state index in [1.807, 2.05) is 24.3 Å². The number of rotatable bonds is 17. The number of carbonyl (C=O) groups is 1. The van der Waals surface area contributed by atoms with Gasteiger partial charge >= 0.3 is 0 Å². The Morgan fingerprint density at radius 2 is 1.66 bits per heavy atom. The van der Waals surface area contributed by atoms with E-state index < -0.39 is 30.7 Å². The van der Waals surface area contributed by atoms with Crippen LogP contribution in [0.1, 0.15) is 69.8 Å². The molecule has 1 aromatic carbocycles. The Bertz CT molecular complexity index is 713. The van der Waals surface area contributed by atoms with Crippen LogP contribution in [-0.2, 0) is 20.7 Å². The molecule has 7 heteroatoms. The summed E-state index contributed by atoms with van der Waals surface area (Å²) >= 11 is 0. The van der Waals surface area contributed by atoms with Crippen molar-refractivity contribution in [3.63, 3.8) is 0 Å². The molecule has 1 saturated heterocycles. The molecule has 1 aliphatic rings. The number of allylic oxidation sites excluding steroid dienone is 1. The maximum atomic E-state index is 13.1. The van der Waals surface area contributed by atoms with Crippen LogP contribution >= 0.6 is 0 Å². The molecule has 0 bridgehead atoms. The average molecular weight is 492 g/mol. The second-order valence-corrected chi connectivity index (χ2v) is 9.48. The van der Waals surface area contributed by atoms with Gasteiger partial charge in [-0.1, -0.05) is 62.1 Å². The standard InChI is InChI=1S/C28H45NO6/c1-3-4-5-6-7-8-9-13-19-24(30)29(20-15-14-18-22-16-11-10-12-17-22)21-23-25(31)26(32)27(33)28(34-2)35-23/h3,10-12,16-17,23,25-28,31-33H,1,4-9,13-15,18-21H2,2H3/t23-,25-,26+,27-,28+/m1/s1. The Morgan fingerprint density at radius 1 is 0.971 bits per heavy atom. The summed E-state index contributed by atoms with van der Waals surface area (Å²) in [6.45, 7) is 4.45. The molecule has 0 radical (unpaired) electrons. The molecule has 0 saturated carbocycles. The topological polar surface area (TPSA) is 99.5 Å². The normalized spacial score (nSPS) is 24.3. The number of benzene rings is 1. The molecule has 1 amide bonds. The van der Waals surface area contributed by atoms with Crippen molar-refractivity contribution in [1.29, 1.82) is 0 Å². The van der Waals surface area contributed by atoms with E-state index in [-0.39, 0.29) is 12.5 Å². The fourth-order valence-electron chi connectivity index (χ4n) is 4.50. The third kappa shape index (κ3) is 10.4.